The SMILES string of the molecule is CNc1ncc(F)cc1C(=O)N1CCSC(C)(C)C1. The summed E-state index contributed by atoms with van der Waals surface area (Å²) in [6, 6.07) is 1.25. The Balaban J connectivity index is 2.26. The van der Waals surface area contributed by atoms with Crippen molar-refractivity contribution < 1.29 is 9.18 Å². The van der Waals surface area contributed by atoms with Gasteiger partial charge in [0.2, 0.25) is 0 Å². The van der Waals surface area contributed by atoms with Gasteiger partial charge in [0.1, 0.15) is 11.6 Å². The van der Waals surface area contributed by atoms with Crippen LogP contribution in [0, 0.1) is 5.82 Å². The van der Waals surface area contributed by atoms with Crippen LogP contribution in [0.3, 0.4) is 0 Å². The molecular formula is C13H18FN3OS. The van der Waals surface area contributed by atoms with E-state index >= 15 is 0 Å². The Morgan fingerprint density at radius 1 is 1.58 bits per heavy atom. The van der Waals surface area contributed by atoms with Crippen molar-refractivity contribution in [2.24, 2.45) is 0 Å². The maximum absolute atomic E-state index is 13.3. The molecule has 0 unspecified atom stereocenters. The lowest BCUT2D eigenvalue weighted by Crippen LogP contribution is -2.46. The predicted molar refractivity (Wildman–Crippen MR) is 76.2 cm³/mol. The molecule has 0 radical (unpaired) electrons. The Hall–Kier alpha value is -1.30. The fourth-order valence-corrected chi connectivity index (χ4v) is 3.27. The minimum absolute atomic E-state index is 0.0362. The molecule has 1 aliphatic heterocycles. The van der Waals surface area contributed by atoms with Gasteiger partial charge in [0.05, 0.1) is 11.8 Å². The fraction of sp³-hybridized carbons (Fsp3) is 0.538. The molecule has 0 aromatic carbocycles. The fourth-order valence-electron chi connectivity index (χ4n) is 2.16. The number of rotatable bonds is 2. The average molecular weight is 283 g/mol. The molecule has 2 rings (SSSR count). The molecule has 19 heavy (non-hydrogen) atoms. The summed E-state index contributed by atoms with van der Waals surface area (Å²) in [7, 11) is 1.67. The Labute approximate surface area is 116 Å². The van der Waals surface area contributed by atoms with E-state index in [1.165, 1.54) is 6.07 Å². The molecule has 1 aromatic rings. The third-order valence-electron chi connectivity index (χ3n) is 3.03. The van der Waals surface area contributed by atoms with Gasteiger partial charge in [-0.25, -0.2) is 9.37 Å². The molecule has 6 heteroatoms. The highest BCUT2D eigenvalue weighted by atomic mass is 32.2. The molecule has 1 saturated heterocycles. The number of amides is 1. The van der Waals surface area contributed by atoms with E-state index in [0.29, 0.717) is 24.5 Å². The van der Waals surface area contributed by atoms with Crippen LogP contribution in [0.15, 0.2) is 12.3 Å². The summed E-state index contributed by atoms with van der Waals surface area (Å²) in [5.74, 6) is 0.663. The van der Waals surface area contributed by atoms with Crippen LogP contribution in [0.4, 0.5) is 10.2 Å². The van der Waals surface area contributed by atoms with Gasteiger partial charge in [0.25, 0.3) is 5.91 Å². The van der Waals surface area contributed by atoms with Gasteiger partial charge in [-0.15, -0.1) is 0 Å². The molecule has 0 atom stereocenters. The number of nitrogens with zero attached hydrogens (tertiary/aromatic N) is 2. The van der Waals surface area contributed by atoms with E-state index in [1.807, 2.05) is 11.8 Å². The Morgan fingerprint density at radius 2 is 2.32 bits per heavy atom. The van der Waals surface area contributed by atoms with E-state index in [-0.39, 0.29) is 10.7 Å². The van der Waals surface area contributed by atoms with E-state index in [4.69, 9.17) is 0 Å². The Kier molecular flexibility index (Phi) is 3.99. The predicted octanol–water partition coefficient (Wildman–Crippen LogP) is 2.23. The summed E-state index contributed by atoms with van der Waals surface area (Å²) in [6.07, 6.45) is 1.11. The van der Waals surface area contributed by atoms with E-state index in [1.54, 1.807) is 11.9 Å². The lowest BCUT2D eigenvalue weighted by Gasteiger charge is -2.37. The molecule has 104 valence electrons. The van der Waals surface area contributed by atoms with Gasteiger partial charge in [-0.2, -0.15) is 11.8 Å². The third-order valence-corrected chi connectivity index (χ3v) is 4.33. The minimum atomic E-state index is -0.493. The van der Waals surface area contributed by atoms with Crippen LogP contribution in [-0.4, -0.2) is 46.4 Å². The van der Waals surface area contributed by atoms with Gasteiger partial charge >= 0.3 is 0 Å². The molecule has 0 aliphatic carbocycles. The van der Waals surface area contributed by atoms with Crippen molar-refractivity contribution in [3.05, 3.63) is 23.6 Å². The Morgan fingerprint density at radius 3 is 2.95 bits per heavy atom. The first-order valence-electron chi connectivity index (χ1n) is 6.19. The first-order chi connectivity index (χ1) is 8.93. The lowest BCUT2D eigenvalue weighted by molar-refractivity contribution is 0.0748. The topological polar surface area (TPSA) is 45.2 Å². The summed E-state index contributed by atoms with van der Waals surface area (Å²) >= 11 is 1.85. The monoisotopic (exact) mass is 283 g/mol. The number of halogens is 1. The van der Waals surface area contributed by atoms with E-state index in [0.717, 1.165) is 11.9 Å². The van der Waals surface area contributed by atoms with Crippen molar-refractivity contribution in [3.8, 4) is 0 Å². The number of anilines is 1. The van der Waals surface area contributed by atoms with Crippen molar-refractivity contribution in [2.45, 2.75) is 18.6 Å². The highest BCUT2D eigenvalue weighted by molar-refractivity contribution is 8.00. The number of carbonyl (C=O) groups is 1. The zero-order chi connectivity index (χ0) is 14.0. The van der Waals surface area contributed by atoms with Crippen molar-refractivity contribution in [1.29, 1.82) is 0 Å². The van der Waals surface area contributed by atoms with Gasteiger partial charge in [-0.1, -0.05) is 0 Å². The Bertz CT molecular complexity index is 493. The number of thioether (sulfide) groups is 1. The highest BCUT2D eigenvalue weighted by Crippen LogP contribution is 2.30. The smallest absolute Gasteiger partial charge is 0.257 e. The van der Waals surface area contributed by atoms with Crippen molar-refractivity contribution in [2.75, 3.05) is 31.2 Å². The molecule has 1 fully saturated rings. The number of nitrogens with one attached hydrogen (secondary N) is 1. The molecule has 2 heterocycles. The van der Waals surface area contributed by atoms with Crippen molar-refractivity contribution >= 4 is 23.5 Å². The first-order valence-corrected chi connectivity index (χ1v) is 7.18. The van der Waals surface area contributed by atoms with Crippen LogP contribution in [0.2, 0.25) is 0 Å². The van der Waals surface area contributed by atoms with E-state index in [9.17, 15) is 9.18 Å². The van der Waals surface area contributed by atoms with E-state index < -0.39 is 5.82 Å². The van der Waals surface area contributed by atoms with E-state index in [2.05, 4.69) is 24.1 Å². The van der Waals surface area contributed by atoms with Crippen LogP contribution in [0.1, 0.15) is 24.2 Å². The van der Waals surface area contributed by atoms with Crippen molar-refractivity contribution in [3.63, 3.8) is 0 Å². The van der Waals surface area contributed by atoms with Gasteiger partial charge in [-0.3, -0.25) is 4.79 Å². The van der Waals surface area contributed by atoms with Crippen LogP contribution >= 0.6 is 11.8 Å². The molecule has 1 amide bonds. The number of hydrogen-bond donors (Lipinski definition) is 1. The van der Waals surface area contributed by atoms with Crippen LogP contribution < -0.4 is 5.32 Å². The lowest BCUT2D eigenvalue weighted by atomic mass is 10.1. The van der Waals surface area contributed by atoms with Crippen LogP contribution in [0.5, 0.6) is 0 Å². The standard InChI is InChI=1S/C13H18FN3OS/c1-13(2)8-17(4-5-19-13)12(18)10-6-9(14)7-16-11(10)15-3/h6-7H,4-5,8H2,1-3H3,(H,15,16). The summed E-state index contributed by atoms with van der Waals surface area (Å²) < 4.78 is 13.3. The number of aromatic nitrogens is 1. The molecule has 4 nitrogen and oxygen atoms in total. The van der Waals surface area contributed by atoms with Gasteiger partial charge in [0, 0.05) is 30.6 Å². The number of hydrogen-bond acceptors (Lipinski definition) is 4. The zero-order valence-electron chi connectivity index (χ0n) is 11.4. The van der Waals surface area contributed by atoms with Gasteiger partial charge in [0.15, 0.2) is 0 Å². The van der Waals surface area contributed by atoms with Gasteiger partial charge in [-0.05, 0) is 19.9 Å². The minimum Gasteiger partial charge on any atom is -0.372 e. The normalized spacial score (nSPS) is 18.2. The highest BCUT2D eigenvalue weighted by Gasteiger charge is 2.31. The molecule has 0 bridgehead atoms. The quantitative estimate of drug-likeness (QED) is 0.904. The number of pyridine rings is 1. The van der Waals surface area contributed by atoms with Crippen molar-refractivity contribution in [1.82, 2.24) is 9.88 Å². The number of carbonyl (C=O) groups excluding carboxylic acids is 1. The molecule has 0 spiro atoms. The zero-order valence-corrected chi connectivity index (χ0v) is 12.2. The molecule has 1 N–H and O–H groups in total. The van der Waals surface area contributed by atoms with Gasteiger partial charge < -0.3 is 10.2 Å². The maximum Gasteiger partial charge on any atom is 0.257 e. The third kappa shape index (κ3) is 3.18. The van der Waals surface area contributed by atoms with Crippen LogP contribution in [-0.2, 0) is 0 Å². The first kappa shape index (κ1) is 14.1. The average Bonchev–Trinajstić information content (AvgIpc) is 2.36. The second-order valence-corrected chi connectivity index (χ2v) is 6.94. The molecule has 1 aliphatic rings. The largest absolute Gasteiger partial charge is 0.372 e. The summed E-state index contributed by atoms with van der Waals surface area (Å²) in [4.78, 5) is 18.2. The molecular weight excluding hydrogens is 265 g/mol. The summed E-state index contributed by atoms with van der Waals surface area (Å²) in [5.41, 5.74) is 0.296. The van der Waals surface area contributed by atoms with Crippen LogP contribution in [0.25, 0.3) is 0 Å². The molecule has 1 aromatic heterocycles. The summed E-state index contributed by atoms with van der Waals surface area (Å²) in [6.45, 7) is 5.57. The molecule has 0 saturated carbocycles. The summed E-state index contributed by atoms with van der Waals surface area (Å²) in [5, 5.41) is 2.83. The second-order valence-electron chi connectivity index (χ2n) is 5.13. The second kappa shape index (κ2) is 5.36. The maximum atomic E-state index is 13.3.